The average Bonchev–Trinajstić information content (AvgIpc) is 3.12. The Bertz CT molecular complexity index is 1220. The summed E-state index contributed by atoms with van der Waals surface area (Å²) in [4.78, 5) is 12.1. The first-order valence-electron chi connectivity index (χ1n) is 9.72. The number of fused-ring (bicyclic) bond motifs is 1. The number of carbonyl (C=O) groups excluding carboxylic acids is 1. The highest BCUT2D eigenvalue weighted by atomic mass is 127. The van der Waals surface area contributed by atoms with E-state index in [1.807, 2.05) is 66.9 Å². The van der Waals surface area contributed by atoms with Crippen molar-refractivity contribution in [2.75, 3.05) is 11.9 Å². The molecule has 0 aliphatic carbocycles. The molecule has 0 aliphatic heterocycles. The quantitative estimate of drug-likeness (QED) is 0.184. The Labute approximate surface area is 199 Å². The van der Waals surface area contributed by atoms with Crippen molar-refractivity contribution in [2.45, 2.75) is 6.54 Å². The summed E-state index contributed by atoms with van der Waals surface area (Å²) in [5, 5.41) is 9.03. The van der Waals surface area contributed by atoms with Gasteiger partial charge in [-0.1, -0.05) is 41.9 Å². The molecule has 0 spiro atoms. The standard InChI is InChI=1S/C24H20ClIN4O/c25-19-7-5-17(6-8-19)15-30-16-18(22-3-1-2-4-23(22)30)13-28-29-24(31)14-27-21-11-9-20(26)10-12-21/h1-13,16,27H,14-15H2,(H,29,31)/b28-13+. The number of aromatic nitrogens is 1. The van der Waals surface area contributed by atoms with E-state index in [2.05, 4.69) is 55.1 Å². The van der Waals surface area contributed by atoms with E-state index in [9.17, 15) is 4.79 Å². The van der Waals surface area contributed by atoms with Gasteiger partial charge in [0, 0.05) is 43.5 Å². The lowest BCUT2D eigenvalue weighted by Gasteiger charge is -2.05. The van der Waals surface area contributed by atoms with Gasteiger partial charge in [0.1, 0.15) is 0 Å². The van der Waals surface area contributed by atoms with Crippen LogP contribution < -0.4 is 10.7 Å². The molecule has 2 N–H and O–H groups in total. The lowest BCUT2D eigenvalue weighted by atomic mass is 10.2. The van der Waals surface area contributed by atoms with Gasteiger partial charge in [-0.05, 0) is 70.6 Å². The van der Waals surface area contributed by atoms with E-state index in [4.69, 9.17) is 11.6 Å². The van der Waals surface area contributed by atoms with E-state index in [-0.39, 0.29) is 12.5 Å². The number of para-hydroxylation sites is 1. The number of anilines is 1. The maximum Gasteiger partial charge on any atom is 0.259 e. The summed E-state index contributed by atoms with van der Waals surface area (Å²) in [7, 11) is 0. The zero-order valence-electron chi connectivity index (χ0n) is 16.6. The number of amides is 1. The van der Waals surface area contributed by atoms with Crippen LogP contribution in [0.2, 0.25) is 5.02 Å². The smallest absolute Gasteiger partial charge is 0.259 e. The van der Waals surface area contributed by atoms with Crippen LogP contribution in [-0.2, 0) is 11.3 Å². The maximum absolute atomic E-state index is 12.1. The number of halogens is 2. The number of nitrogens with zero attached hydrogens (tertiary/aromatic N) is 2. The van der Waals surface area contributed by atoms with Crippen LogP contribution in [0.1, 0.15) is 11.1 Å². The van der Waals surface area contributed by atoms with Crippen LogP contribution in [0, 0.1) is 3.57 Å². The molecule has 5 nitrogen and oxygen atoms in total. The predicted molar refractivity (Wildman–Crippen MR) is 136 cm³/mol. The summed E-state index contributed by atoms with van der Waals surface area (Å²) in [6, 6.07) is 23.8. The van der Waals surface area contributed by atoms with Crippen molar-refractivity contribution >= 4 is 62.9 Å². The van der Waals surface area contributed by atoms with Crippen LogP contribution in [0.25, 0.3) is 10.9 Å². The third-order valence-corrected chi connectivity index (χ3v) is 5.75. The maximum atomic E-state index is 12.1. The molecular weight excluding hydrogens is 523 g/mol. The Balaban J connectivity index is 1.42. The molecule has 0 radical (unpaired) electrons. The molecule has 0 fully saturated rings. The summed E-state index contributed by atoms with van der Waals surface area (Å²) in [6.45, 7) is 0.869. The molecule has 7 heteroatoms. The summed E-state index contributed by atoms with van der Waals surface area (Å²) >= 11 is 8.24. The minimum absolute atomic E-state index is 0.149. The van der Waals surface area contributed by atoms with Gasteiger partial charge in [0.05, 0.1) is 12.8 Å². The normalized spacial score (nSPS) is 11.2. The van der Waals surface area contributed by atoms with Crippen molar-refractivity contribution in [3.8, 4) is 0 Å². The Morgan fingerprint density at radius 1 is 1.03 bits per heavy atom. The molecule has 4 rings (SSSR count). The lowest BCUT2D eigenvalue weighted by Crippen LogP contribution is -2.25. The van der Waals surface area contributed by atoms with Crippen LogP contribution in [0.15, 0.2) is 84.1 Å². The van der Waals surface area contributed by atoms with E-state index in [1.165, 1.54) is 0 Å². The number of carbonyl (C=O) groups is 1. The van der Waals surface area contributed by atoms with Crippen molar-refractivity contribution in [2.24, 2.45) is 5.10 Å². The fraction of sp³-hybridized carbons (Fsp3) is 0.0833. The van der Waals surface area contributed by atoms with E-state index >= 15 is 0 Å². The number of hydrogen-bond donors (Lipinski definition) is 2. The highest BCUT2D eigenvalue weighted by Gasteiger charge is 2.07. The van der Waals surface area contributed by atoms with Gasteiger partial charge in [0.25, 0.3) is 5.91 Å². The SMILES string of the molecule is O=C(CNc1ccc(I)cc1)N/N=C/c1cn(Cc2ccc(Cl)cc2)c2ccccc12. The molecular formula is C24H20ClIN4O. The average molecular weight is 543 g/mol. The van der Waals surface area contributed by atoms with Crippen molar-refractivity contribution in [1.29, 1.82) is 0 Å². The first kappa shape index (κ1) is 21.4. The molecule has 3 aromatic carbocycles. The number of rotatable bonds is 7. The predicted octanol–water partition coefficient (Wildman–Crippen LogP) is 5.51. The molecule has 0 unspecified atom stereocenters. The van der Waals surface area contributed by atoms with Gasteiger partial charge in [0.2, 0.25) is 0 Å². The van der Waals surface area contributed by atoms with Gasteiger partial charge in [-0.2, -0.15) is 5.10 Å². The Hall–Kier alpha value is -2.84. The van der Waals surface area contributed by atoms with Crippen molar-refractivity contribution in [1.82, 2.24) is 9.99 Å². The van der Waals surface area contributed by atoms with Gasteiger partial charge in [-0.15, -0.1) is 0 Å². The zero-order chi connectivity index (χ0) is 21.6. The summed E-state index contributed by atoms with van der Waals surface area (Å²) in [6.07, 6.45) is 3.72. The fourth-order valence-corrected chi connectivity index (χ4v) is 3.74. The fourth-order valence-electron chi connectivity index (χ4n) is 3.26. The molecule has 4 aromatic rings. The van der Waals surface area contributed by atoms with Crippen LogP contribution in [-0.4, -0.2) is 23.2 Å². The van der Waals surface area contributed by atoms with Gasteiger partial charge in [-0.25, -0.2) is 5.43 Å². The van der Waals surface area contributed by atoms with Crippen LogP contribution >= 0.6 is 34.2 Å². The van der Waals surface area contributed by atoms with Gasteiger partial charge in [-0.3, -0.25) is 4.79 Å². The molecule has 0 aliphatic rings. The third kappa shape index (κ3) is 5.65. The Kier molecular flexibility index (Phi) is 6.89. The lowest BCUT2D eigenvalue weighted by molar-refractivity contribution is -0.119. The molecule has 0 bridgehead atoms. The molecule has 1 amide bonds. The minimum atomic E-state index is -0.209. The van der Waals surface area contributed by atoms with Gasteiger partial charge in [0.15, 0.2) is 0 Å². The number of hydrogen-bond acceptors (Lipinski definition) is 3. The first-order chi connectivity index (χ1) is 15.1. The first-order valence-corrected chi connectivity index (χ1v) is 11.2. The third-order valence-electron chi connectivity index (χ3n) is 4.78. The highest BCUT2D eigenvalue weighted by molar-refractivity contribution is 14.1. The van der Waals surface area contributed by atoms with Crippen LogP contribution in [0.5, 0.6) is 0 Å². The largest absolute Gasteiger partial charge is 0.376 e. The summed E-state index contributed by atoms with van der Waals surface area (Å²) in [5.74, 6) is -0.209. The van der Waals surface area contributed by atoms with E-state index < -0.39 is 0 Å². The summed E-state index contributed by atoms with van der Waals surface area (Å²) < 4.78 is 3.31. The summed E-state index contributed by atoms with van der Waals surface area (Å²) in [5.41, 5.74) is 6.68. The van der Waals surface area contributed by atoms with Crippen LogP contribution in [0.4, 0.5) is 5.69 Å². The topological polar surface area (TPSA) is 58.4 Å². The molecule has 156 valence electrons. The second kappa shape index (κ2) is 9.98. The molecule has 1 heterocycles. The second-order valence-electron chi connectivity index (χ2n) is 7.01. The monoisotopic (exact) mass is 542 g/mol. The molecule has 1 aromatic heterocycles. The van der Waals surface area contributed by atoms with Gasteiger partial charge < -0.3 is 9.88 Å². The number of hydrazone groups is 1. The van der Waals surface area contributed by atoms with Gasteiger partial charge >= 0.3 is 0 Å². The van der Waals surface area contributed by atoms with E-state index in [0.717, 1.165) is 42.9 Å². The Morgan fingerprint density at radius 3 is 2.55 bits per heavy atom. The van der Waals surface area contributed by atoms with Crippen molar-refractivity contribution < 1.29 is 4.79 Å². The molecule has 31 heavy (non-hydrogen) atoms. The minimum Gasteiger partial charge on any atom is -0.376 e. The van der Waals surface area contributed by atoms with Crippen LogP contribution in [0.3, 0.4) is 0 Å². The van der Waals surface area contributed by atoms with Crippen molar-refractivity contribution in [3.63, 3.8) is 0 Å². The molecule has 0 saturated carbocycles. The number of nitrogens with one attached hydrogen (secondary N) is 2. The molecule has 0 atom stereocenters. The highest BCUT2D eigenvalue weighted by Crippen LogP contribution is 2.21. The number of benzene rings is 3. The Morgan fingerprint density at radius 2 is 1.77 bits per heavy atom. The second-order valence-corrected chi connectivity index (χ2v) is 8.69. The van der Waals surface area contributed by atoms with E-state index in [1.54, 1.807) is 6.21 Å². The zero-order valence-corrected chi connectivity index (χ0v) is 19.5. The molecule has 0 saturated heterocycles. The van der Waals surface area contributed by atoms with E-state index in [0.29, 0.717) is 0 Å². The van der Waals surface area contributed by atoms with Crippen molar-refractivity contribution in [3.05, 3.63) is 98.7 Å².